The summed E-state index contributed by atoms with van der Waals surface area (Å²) in [6.45, 7) is 2.45. The molecule has 0 aromatic heterocycles. The van der Waals surface area contributed by atoms with Crippen LogP contribution in [-0.2, 0) is 4.79 Å². The number of aliphatic imine (C=N–C) groups is 1. The van der Waals surface area contributed by atoms with Crippen molar-refractivity contribution in [2.24, 2.45) is 4.99 Å². The maximum atomic E-state index is 12.6. The molecule has 0 bridgehead atoms. The summed E-state index contributed by atoms with van der Waals surface area (Å²) in [7, 11) is 0. The van der Waals surface area contributed by atoms with Crippen LogP contribution in [0.25, 0.3) is 6.08 Å². The van der Waals surface area contributed by atoms with Gasteiger partial charge in [0, 0.05) is 11.6 Å². The first kappa shape index (κ1) is 16.6. The van der Waals surface area contributed by atoms with E-state index in [1.54, 1.807) is 47.4 Å². The molecule has 0 aliphatic carbocycles. The third-order valence-corrected chi connectivity index (χ3v) is 4.67. The molecule has 1 saturated heterocycles. The average Bonchev–Trinajstić information content (AvgIpc) is 2.84. The minimum Gasteiger partial charge on any atom is -0.508 e. The van der Waals surface area contributed by atoms with Gasteiger partial charge in [0.2, 0.25) is 0 Å². The number of phenolic OH excluding ortho intramolecular Hbond substituents is 1. The van der Waals surface area contributed by atoms with Crippen LogP contribution in [0.1, 0.15) is 12.5 Å². The summed E-state index contributed by atoms with van der Waals surface area (Å²) >= 11 is 7.32. The number of amidine groups is 1. The molecule has 2 aromatic rings. The van der Waals surface area contributed by atoms with Gasteiger partial charge in [0.15, 0.2) is 5.17 Å². The minimum absolute atomic E-state index is 0.0728. The number of amides is 1. The molecular formula is C18H15ClN2O2S. The normalized spacial score (nSPS) is 17.9. The second-order valence-corrected chi connectivity index (χ2v) is 6.57. The fourth-order valence-corrected chi connectivity index (χ4v) is 3.50. The number of aromatic hydroxyl groups is 1. The molecule has 0 spiro atoms. The molecule has 0 unspecified atom stereocenters. The SMILES string of the molecule is CCN1C(=O)/C(=C\c2ccc(O)cc2)SC1=Nc1cccc(Cl)c1. The highest BCUT2D eigenvalue weighted by molar-refractivity contribution is 8.18. The van der Waals surface area contributed by atoms with Gasteiger partial charge in [-0.05, 0) is 60.7 Å². The Morgan fingerprint density at radius 1 is 1.25 bits per heavy atom. The van der Waals surface area contributed by atoms with Crippen LogP contribution in [-0.4, -0.2) is 27.6 Å². The number of thioether (sulfide) groups is 1. The summed E-state index contributed by atoms with van der Waals surface area (Å²) in [6, 6.07) is 13.9. The lowest BCUT2D eigenvalue weighted by molar-refractivity contribution is -0.122. The van der Waals surface area contributed by atoms with Crippen molar-refractivity contribution in [1.82, 2.24) is 4.90 Å². The molecule has 1 fully saturated rings. The van der Waals surface area contributed by atoms with E-state index < -0.39 is 0 Å². The predicted molar refractivity (Wildman–Crippen MR) is 99.6 cm³/mol. The van der Waals surface area contributed by atoms with Crippen LogP contribution in [0, 0.1) is 0 Å². The molecule has 24 heavy (non-hydrogen) atoms. The fraction of sp³-hybridized carbons (Fsp3) is 0.111. The Labute approximate surface area is 149 Å². The Balaban J connectivity index is 1.92. The van der Waals surface area contributed by atoms with Crippen LogP contribution in [0.5, 0.6) is 5.75 Å². The zero-order valence-corrected chi connectivity index (χ0v) is 14.5. The van der Waals surface area contributed by atoms with Gasteiger partial charge in [-0.2, -0.15) is 0 Å². The van der Waals surface area contributed by atoms with Crippen molar-refractivity contribution < 1.29 is 9.90 Å². The summed E-state index contributed by atoms with van der Waals surface area (Å²) in [6.07, 6.45) is 1.80. The van der Waals surface area contributed by atoms with Crippen LogP contribution in [0.3, 0.4) is 0 Å². The van der Waals surface area contributed by atoms with Gasteiger partial charge in [0.25, 0.3) is 5.91 Å². The lowest BCUT2D eigenvalue weighted by Gasteiger charge is -2.11. The molecule has 1 aliphatic heterocycles. The Bertz CT molecular complexity index is 831. The summed E-state index contributed by atoms with van der Waals surface area (Å²) in [5, 5.41) is 10.6. The lowest BCUT2D eigenvalue weighted by atomic mass is 10.2. The first-order valence-corrected chi connectivity index (χ1v) is 8.61. The molecule has 6 heteroatoms. The minimum atomic E-state index is -0.0728. The van der Waals surface area contributed by atoms with Crippen molar-refractivity contribution in [3.8, 4) is 5.75 Å². The summed E-state index contributed by atoms with van der Waals surface area (Å²) in [5.74, 6) is 0.122. The van der Waals surface area contributed by atoms with E-state index in [1.165, 1.54) is 11.8 Å². The Morgan fingerprint density at radius 3 is 2.67 bits per heavy atom. The number of hydrogen-bond donors (Lipinski definition) is 1. The van der Waals surface area contributed by atoms with Gasteiger partial charge in [-0.15, -0.1) is 0 Å². The van der Waals surface area contributed by atoms with Gasteiger partial charge in [0.05, 0.1) is 10.6 Å². The van der Waals surface area contributed by atoms with E-state index in [1.807, 2.05) is 19.1 Å². The van der Waals surface area contributed by atoms with E-state index in [2.05, 4.69) is 4.99 Å². The number of hydrogen-bond acceptors (Lipinski definition) is 4. The second kappa shape index (κ2) is 7.11. The topological polar surface area (TPSA) is 52.9 Å². The maximum absolute atomic E-state index is 12.6. The van der Waals surface area contributed by atoms with Gasteiger partial charge in [-0.3, -0.25) is 9.69 Å². The third kappa shape index (κ3) is 3.63. The highest BCUT2D eigenvalue weighted by Crippen LogP contribution is 2.34. The molecule has 1 N–H and O–H groups in total. The van der Waals surface area contributed by atoms with Crippen molar-refractivity contribution in [3.05, 3.63) is 64.0 Å². The van der Waals surface area contributed by atoms with Gasteiger partial charge in [-0.1, -0.05) is 29.8 Å². The Morgan fingerprint density at radius 2 is 2.00 bits per heavy atom. The molecule has 1 heterocycles. The first-order chi connectivity index (χ1) is 11.6. The number of rotatable bonds is 3. The monoisotopic (exact) mass is 358 g/mol. The molecule has 0 radical (unpaired) electrons. The van der Waals surface area contributed by atoms with Crippen molar-refractivity contribution in [2.75, 3.05) is 6.54 Å². The zero-order valence-electron chi connectivity index (χ0n) is 12.9. The maximum Gasteiger partial charge on any atom is 0.266 e. The van der Waals surface area contributed by atoms with E-state index in [0.29, 0.717) is 27.3 Å². The molecule has 1 amide bonds. The van der Waals surface area contributed by atoms with E-state index >= 15 is 0 Å². The standard InChI is InChI=1S/C18H15ClN2O2S/c1-2-21-17(23)16(10-12-6-8-15(22)9-7-12)24-18(21)20-14-5-3-4-13(19)11-14/h3-11,22H,2H2,1H3/b16-10+,20-18?. The number of halogens is 1. The molecular weight excluding hydrogens is 344 g/mol. The Kier molecular flexibility index (Phi) is 4.92. The number of carbonyl (C=O) groups excluding carboxylic acids is 1. The van der Waals surface area contributed by atoms with Crippen LogP contribution >= 0.6 is 23.4 Å². The van der Waals surface area contributed by atoms with Gasteiger partial charge < -0.3 is 5.11 Å². The fourth-order valence-electron chi connectivity index (χ4n) is 2.25. The van der Waals surface area contributed by atoms with Crippen LogP contribution in [0.2, 0.25) is 5.02 Å². The van der Waals surface area contributed by atoms with Crippen LogP contribution in [0.15, 0.2) is 58.4 Å². The smallest absolute Gasteiger partial charge is 0.266 e. The van der Waals surface area contributed by atoms with Crippen LogP contribution < -0.4 is 0 Å². The molecule has 4 nitrogen and oxygen atoms in total. The summed E-state index contributed by atoms with van der Waals surface area (Å²) < 4.78 is 0. The van der Waals surface area contributed by atoms with E-state index in [0.717, 1.165) is 5.56 Å². The summed E-state index contributed by atoms with van der Waals surface area (Å²) in [5.41, 5.74) is 1.56. The molecule has 122 valence electrons. The second-order valence-electron chi connectivity index (χ2n) is 5.13. The number of nitrogens with zero attached hydrogens (tertiary/aromatic N) is 2. The number of likely N-dealkylation sites (N-methyl/N-ethyl adjacent to an activating group) is 1. The largest absolute Gasteiger partial charge is 0.508 e. The van der Waals surface area contributed by atoms with E-state index in [4.69, 9.17) is 11.6 Å². The first-order valence-electron chi connectivity index (χ1n) is 7.41. The Hall–Kier alpha value is -2.24. The highest BCUT2D eigenvalue weighted by Gasteiger charge is 2.32. The third-order valence-electron chi connectivity index (χ3n) is 3.43. The van der Waals surface area contributed by atoms with Gasteiger partial charge in [0.1, 0.15) is 5.75 Å². The average molecular weight is 359 g/mol. The molecule has 0 saturated carbocycles. The zero-order chi connectivity index (χ0) is 17.1. The van der Waals surface area contributed by atoms with Crippen molar-refractivity contribution in [3.63, 3.8) is 0 Å². The molecule has 2 aromatic carbocycles. The highest BCUT2D eigenvalue weighted by atomic mass is 35.5. The van der Waals surface area contributed by atoms with E-state index in [9.17, 15) is 9.90 Å². The van der Waals surface area contributed by atoms with Gasteiger partial charge in [-0.25, -0.2) is 4.99 Å². The number of phenols is 1. The van der Waals surface area contributed by atoms with Crippen LogP contribution in [0.4, 0.5) is 5.69 Å². The quantitative estimate of drug-likeness (QED) is 0.811. The lowest BCUT2D eigenvalue weighted by Crippen LogP contribution is -2.28. The van der Waals surface area contributed by atoms with Crippen molar-refractivity contribution in [2.45, 2.75) is 6.92 Å². The summed E-state index contributed by atoms with van der Waals surface area (Å²) in [4.78, 5) is 19.3. The molecule has 1 aliphatic rings. The number of carbonyl (C=O) groups is 1. The van der Waals surface area contributed by atoms with Crippen molar-refractivity contribution >= 4 is 46.2 Å². The van der Waals surface area contributed by atoms with Gasteiger partial charge >= 0.3 is 0 Å². The predicted octanol–water partition coefficient (Wildman–Crippen LogP) is 4.67. The molecule has 0 atom stereocenters. The van der Waals surface area contributed by atoms with E-state index in [-0.39, 0.29) is 11.7 Å². The van der Waals surface area contributed by atoms with Crippen molar-refractivity contribution in [1.29, 1.82) is 0 Å². The number of benzene rings is 2. The molecule has 3 rings (SSSR count).